The van der Waals surface area contributed by atoms with E-state index in [0.29, 0.717) is 22.7 Å². The van der Waals surface area contributed by atoms with Crippen LogP contribution < -0.4 is 10.2 Å². The van der Waals surface area contributed by atoms with Gasteiger partial charge in [0.1, 0.15) is 11.4 Å². The Morgan fingerprint density at radius 2 is 1.57 bits per heavy atom. The summed E-state index contributed by atoms with van der Waals surface area (Å²) in [5.74, 6) is -0.240. The second-order valence-corrected chi connectivity index (χ2v) is 6.20. The minimum atomic E-state index is -0.665. The number of carbonyl (C=O) groups is 2. The Labute approximate surface area is 172 Å². The lowest BCUT2D eigenvalue weighted by molar-refractivity contribution is 0.0230. The summed E-state index contributed by atoms with van der Waals surface area (Å²) in [5, 5.41) is 4.22. The minimum Gasteiger partial charge on any atom is -0.455 e. The van der Waals surface area contributed by atoms with E-state index in [-0.39, 0.29) is 5.56 Å². The van der Waals surface area contributed by atoms with Crippen molar-refractivity contribution in [2.45, 2.75) is 0 Å². The molecule has 7 heteroatoms. The number of nitrogens with one attached hydrogen (secondary N) is 1. The second kappa shape index (κ2) is 8.74. The molecule has 0 radical (unpaired) electrons. The number of amides is 1. The molecule has 0 unspecified atom stereocenters. The summed E-state index contributed by atoms with van der Waals surface area (Å²) in [4.78, 5) is 29.9. The maximum absolute atomic E-state index is 12.8. The lowest BCUT2D eigenvalue weighted by Gasteiger charge is -2.15. The van der Waals surface area contributed by atoms with Crippen LogP contribution in [0, 0.1) is 0 Å². The first kappa shape index (κ1) is 18.9. The Bertz CT molecular complexity index is 1140. The van der Waals surface area contributed by atoms with Crippen LogP contribution >= 0.6 is 0 Å². The van der Waals surface area contributed by atoms with Crippen molar-refractivity contribution in [1.82, 2.24) is 15.3 Å². The van der Waals surface area contributed by atoms with E-state index in [1.807, 2.05) is 18.2 Å². The summed E-state index contributed by atoms with van der Waals surface area (Å²) in [7, 11) is 0. The predicted molar refractivity (Wildman–Crippen MR) is 109 cm³/mol. The van der Waals surface area contributed by atoms with Crippen molar-refractivity contribution < 1.29 is 19.2 Å². The van der Waals surface area contributed by atoms with Gasteiger partial charge in [-0.2, -0.15) is 10.6 Å². The lowest BCUT2D eigenvalue weighted by Crippen LogP contribution is -2.28. The fourth-order valence-corrected chi connectivity index (χ4v) is 2.82. The zero-order valence-electron chi connectivity index (χ0n) is 15.8. The Balaban J connectivity index is 1.61. The largest absolute Gasteiger partial charge is 0.455 e. The van der Waals surface area contributed by atoms with Crippen molar-refractivity contribution in [2.75, 3.05) is 0 Å². The summed E-state index contributed by atoms with van der Waals surface area (Å²) >= 11 is 0. The third kappa shape index (κ3) is 4.20. The molecule has 3 aromatic carbocycles. The predicted octanol–water partition coefficient (Wildman–Crippen LogP) is 4.17. The molecule has 0 aliphatic carbocycles. The number of para-hydroxylation sites is 2. The molecule has 4 rings (SSSR count). The maximum atomic E-state index is 12.8. The average Bonchev–Trinajstić information content (AvgIpc) is 3.33. The van der Waals surface area contributed by atoms with E-state index >= 15 is 0 Å². The summed E-state index contributed by atoms with van der Waals surface area (Å²) in [6.45, 7) is 0. The van der Waals surface area contributed by atoms with Crippen LogP contribution in [0.4, 0.5) is 0 Å². The lowest BCUT2D eigenvalue weighted by atomic mass is 10.1. The van der Waals surface area contributed by atoms with Gasteiger partial charge >= 0.3 is 5.97 Å². The standard InChI is InChI=1S/C23H17N3O4/c27-22(25-30-23(28)17-9-3-1-4-10-17)19-13-7-14-20(21(19)26-16-8-15-24-26)29-18-11-5-2-6-12-18/h1-16H,(H,25,27). The van der Waals surface area contributed by atoms with Crippen molar-refractivity contribution in [3.8, 4) is 17.2 Å². The molecule has 1 aromatic heterocycles. The topological polar surface area (TPSA) is 82.5 Å². The van der Waals surface area contributed by atoms with Crippen molar-refractivity contribution >= 4 is 11.9 Å². The zero-order chi connectivity index (χ0) is 20.8. The van der Waals surface area contributed by atoms with E-state index in [9.17, 15) is 9.59 Å². The molecule has 1 N–H and O–H groups in total. The summed E-state index contributed by atoms with van der Waals surface area (Å²) < 4.78 is 7.49. The average molecular weight is 399 g/mol. The first-order valence-electron chi connectivity index (χ1n) is 9.15. The van der Waals surface area contributed by atoms with Crippen LogP contribution in [0.3, 0.4) is 0 Å². The third-order valence-corrected chi connectivity index (χ3v) is 4.19. The number of benzene rings is 3. The number of hydrogen-bond acceptors (Lipinski definition) is 5. The SMILES string of the molecule is O=C(ONC(=O)c1cccc(Oc2ccccc2)c1-n1cccn1)c1ccccc1. The first-order chi connectivity index (χ1) is 14.7. The molecule has 0 saturated carbocycles. The molecular formula is C23H17N3O4. The van der Waals surface area contributed by atoms with E-state index in [1.165, 1.54) is 4.68 Å². The van der Waals surface area contributed by atoms with Crippen LogP contribution in [0.2, 0.25) is 0 Å². The fraction of sp³-hybridized carbons (Fsp3) is 0. The molecule has 0 spiro atoms. The van der Waals surface area contributed by atoms with Gasteiger partial charge in [0.25, 0.3) is 5.91 Å². The van der Waals surface area contributed by atoms with Gasteiger partial charge in [-0.1, -0.05) is 42.5 Å². The van der Waals surface area contributed by atoms with Gasteiger partial charge in [-0.05, 0) is 42.5 Å². The Kier molecular flexibility index (Phi) is 5.52. The number of hydrogen-bond donors (Lipinski definition) is 1. The Morgan fingerprint density at radius 1 is 0.833 bits per heavy atom. The molecule has 1 heterocycles. The molecule has 0 aliphatic rings. The fourth-order valence-electron chi connectivity index (χ4n) is 2.82. The smallest absolute Gasteiger partial charge is 0.362 e. The summed E-state index contributed by atoms with van der Waals surface area (Å²) in [5.41, 5.74) is 3.18. The van der Waals surface area contributed by atoms with Crippen molar-refractivity contribution in [2.24, 2.45) is 0 Å². The molecule has 148 valence electrons. The van der Waals surface area contributed by atoms with Gasteiger partial charge in [-0.3, -0.25) is 4.79 Å². The number of carbonyl (C=O) groups excluding carboxylic acids is 2. The molecule has 4 aromatic rings. The Morgan fingerprint density at radius 3 is 2.27 bits per heavy atom. The van der Waals surface area contributed by atoms with Gasteiger partial charge in [0.05, 0.1) is 11.1 Å². The highest BCUT2D eigenvalue weighted by Crippen LogP contribution is 2.30. The molecule has 1 amide bonds. The summed E-state index contributed by atoms with van der Waals surface area (Å²) in [6.07, 6.45) is 3.29. The van der Waals surface area contributed by atoms with Crippen LogP contribution in [-0.2, 0) is 4.84 Å². The normalized spacial score (nSPS) is 10.3. The van der Waals surface area contributed by atoms with Crippen LogP contribution in [0.15, 0.2) is 97.3 Å². The molecule has 0 bridgehead atoms. The first-order valence-corrected chi connectivity index (χ1v) is 9.15. The molecule has 0 fully saturated rings. The molecule has 0 aliphatic heterocycles. The van der Waals surface area contributed by atoms with Gasteiger partial charge in [0.2, 0.25) is 0 Å². The quantitative estimate of drug-likeness (QED) is 0.510. The highest BCUT2D eigenvalue weighted by atomic mass is 16.7. The summed E-state index contributed by atoms with van der Waals surface area (Å²) in [6, 6.07) is 24.3. The van der Waals surface area contributed by atoms with E-state index in [4.69, 9.17) is 9.57 Å². The number of ether oxygens (including phenoxy) is 1. The van der Waals surface area contributed by atoms with Crippen LogP contribution in [-0.4, -0.2) is 21.7 Å². The molecule has 0 saturated heterocycles. The van der Waals surface area contributed by atoms with Gasteiger partial charge in [0, 0.05) is 12.4 Å². The molecule has 0 atom stereocenters. The zero-order valence-corrected chi connectivity index (χ0v) is 15.8. The Hall–Kier alpha value is -4.39. The van der Waals surface area contributed by atoms with Crippen molar-refractivity contribution in [3.05, 3.63) is 108 Å². The van der Waals surface area contributed by atoms with E-state index in [1.54, 1.807) is 79.1 Å². The van der Waals surface area contributed by atoms with E-state index in [2.05, 4.69) is 10.6 Å². The van der Waals surface area contributed by atoms with Crippen LogP contribution in [0.1, 0.15) is 20.7 Å². The van der Waals surface area contributed by atoms with Crippen LogP contribution in [0.5, 0.6) is 11.5 Å². The number of aromatic nitrogens is 2. The van der Waals surface area contributed by atoms with Crippen molar-refractivity contribution in [1.29, 1.82) is 0 Å². The third-order valence-electron chi connectivity index (χ3n) is 4.19. The molecular weight excluding hydrogens is 382 g/mol. The van der Waals surface area contributed by atoms with Gasteiger partial charge in [-0.15, -0.1) is 0 Å². The van der Waals surface area contributed by atoms with Crippen LogP contribution in [0.25, 0.3) is 5.69 Å². The highest BCUT2D eigenvalue weighted by Gasteiger charge is 2.20. The molecule has 7 nitrogen and oxygen atoms in total. The van der Waals surface area contributed by atoms with Gasteiger partial charge in [-0.25, -0.2) is 9.48 Å². The highest BCUT2D eigenvalue weighted by molar-refractivity contribution is 5.99. The maximum Gasteiger partial charge on any atom is 0.362 e. The van der Waals surface area contributed by atoms with Crippen molar-refractivity contribution in [3.63, 3.8) is 0 Å². The monoisotopic (exact) mass is 399 g/mol. The van der Waals surface area contributed by atoms with E-state index < -0.39 is 11.9 Å². The van der Waals surface area contributed by atoms with E-state index in [0.717, 1.165) is 0 Å². The second-order valence-electron chi connectivity index (χ2n) is 6.20. The number of hydroxylamine groups is 1. The number of rotatable bonds is 5. The van der Waals surface area contributed by atoms with Gasteiger partial charge in [0.15, 0.2) is 5.75 Å². The van der Waals surface area contributed by atoms with Gasteiger partial charge < -0.3 is 9.57 Å². The molecule has 30 heavy (non-hydrogen) atoms. The number of nitrogens with zero attached hydrogens (tertiary/aromatic N) is 2. The minimum absolute atomic E-state index is 0.230.